The maximum Gasteiger partial charge on any atom is -0.0266 e. The molecule has 0 aromatic carbocycles. The van der Waals surface area contributed by atoms with Gasteiger partial charge < -0.3 is 0 Å². The van der Waals surface area contributed by atoms with E-state index in [1.165, 1.54) is 25.7 Å². The molecule has 0 spiro atoms. The summed E-state index contributed by atoms with van der Waals surface area (Å²) in [6.07, 6.45) is 26.4. The molecule has 0 aliphatic heterocycles. The number of fused-ring (bicyclic) bond motifs is 5. The summed E-state index contributed by atoms with van der Waals surface area (Å²) >= 11 is 0. The van der Waals surface area contributed by atoms with Crippen molar-refractivity contribution in [2.24, 2.45) is 46.3 Å². The second-order valence-electron chi connectivity index (χ2n) is 11.0. The number of terminal acetylenes is 1. The topological polar surface area (TPSA) is 0 Å². The molecule has 0 amide bonds. The molecule has 4 rings (SSSR count). The van der Waals surface area contributed by atoms with Crippen LogP contribution in [-0.4, -0.2) is 0 Å². The van der Waals surface area contributed by atoms with Crippen LogP contribution in [0.4, 0.5) is 0 Å². The predicted octanol–water partition coefficient (Wildman–Crippen LogP) is 9.77. The summed E-state index contributed by atoms with van der Waals surface area (Å²) in [5.41, 5.74) is 1.42. The molecule has 0 radical (unpaired) electrons. The molecule has 176 valence electrons. The van der Waals surface area contributed by atoms with E-state index in [2.05, 4.69) is 40.5 Å². The maximum absolute atomic E-state index is 4.00. The second kappa shape index (κ2) is 12.6. The number of hydrogen-bond acceptors (Lipinski definition) is 0. The van der Waals surface area contributed by atoms with Gasteiger partial charge in [0.15, 0.2) is 0 Å². The Kier molecular flexibility index (Phi) is 11.6. The van der Waals surface area contributed by atoms with E-state index in [9.17, 15) is 0 Å². The van der Waals surface area contributed by atoms with Crippen LogP contribution in [0.3, 0.4) is 0 Å². The van der Waals surface area contributed by atoms with Crippen LogP contribution in [0.25, 0.3) is 0 Å². The second-order valence-corrected chi connectivity index (χ2v) is 11.0. The summed E-state index contributed by atoms with van der Waals surface area (Å²) in [5, 5.41) is 0. The molecule has 0 N–H and O–H groups in total. The number of unbranched alkanes of at least 4 members (excludes halogenated alkanes) is 1. The van der Waals surface area contributed by atoms with Crippen LogP contribution in [0.1, 0.15) is 132 Å². The standard InChI is InChI=1S/C24H42.2C2H6.C2H2/c1-5-6-7-18-9-11-21-20-10-8-19-16-17(2)12-14-24(19,4)22(20)13-15-23(18,21)3;3*1-2/h17-22H,5-16H2,1-4H3;2*1-2H3;1-2H. The van der Waals surface area contributed by atoms with E-state index >= 15 is 0 Å². The first-order chi connectivity index (χ1) is 14.5. The zero-order chi connectivity index (χ0) is 22.9. The Morgan fingerprint density at radius 2 is 1.37 bits per heavy atom. The lowest BCUT2D eigenvalue weighted by Gasteiger charge is -2.61. The van der Waals surface area contributed by atoms with Gasteiger partial charge in [0.05, 0.1) is 0 Å². The van der Waals surface area contributed by atoms with Gasteiger partial charge in [0.25, 0.3) is 0 Å². The van der Waals surface area contributed by atoms with Crippen molar-refractivity contribution >= 4 is 0 Å². The fraction of sp³-hybridized carbons (Fsp3) is 0.933. The third-order valence-corrected chi connectivity index (χ3v) is 10.0. The van der Waals surface area contributed by atoms with E-state index in [0.29, 0.717) is 10.8 Å². The molecule has 0 heterocycles. The molecule has 0 nitrogen and oxygen atoms in total. The summed E-state index contributed by atoms with van der Waals surface area (Å²) in [6, 6.07) is 0. The minimum absolute atomic E-state index is 0.707. The summed E-state index contributed by atoms with van der Waals surface area (Å²) in [7, 11) is 0. The van der Waals surface area contributed by atoms with Crippen LogP contribution in [0, 0.1) is 59.2 Å². The summed E-state index contributed by atoms with van der Waals surface area (Å²) in [6.45, 7) is 18.3. The van der Waals surface area contributed by atoms with E-state index in [1.807, 2.05) is 27.7 Å². The molecular weight excluding hydrogens is 360 g/mol. The molecule has 8 atom stereocenters. The molecule has 0 heteroatoms. The molecule has 0 saturated heterocycles. The van der Waals surface area contributed by atoms with Gasteiger partial charge in [0.1, 0.15) is 0 Å². The zero-order valence-electron chi connectivity index (χ0n) is 22.1. The van der Waals surface area contributed by atoms with Gasteiger partial charge in [-0.1, -0.05) is 74.7 Å². The Morgan fingerprint density at radius 3 is 2.00 bits per heavy atom. The van der Waals surface area contributed by atoms with E-state index in [-0.39, 0.29) is 0 Å². The summed E-state index contributed by atoms with van der Waals surface area (Å²) in [5.74, 6) is 6.36. The number of hydrogen-bond donors (Lipinski definition) is 0. The first-order valence-corrected chi connectivity index (χ1v) is 13.8. The smallest absolute Gasteiger partial charge is 0.0266 e. The van der Waals surface area contributed by atoms with Crippen molar-refractivity contribution in [1.29, 1.82) is 0 Å². The lowest BCUT2D eigenvalue weighted by molar-refractivity contribution is -0.117. The van der Waals surface area contributed by atoms with E-state index in [4.69, 9.17) is 0 Å². The van der Waals surface area contributed by atoms with Crippen LogP contribution in [0.2, 0.25) is 0 Å². The Morgan fingerprint density at radius 1 is 0.767 bits per heavy atom. The monoisotopic (exact) mass is 416 g/mol. The van der Waals surface area contributed by atoms with Gasteiger partial charge in [-0.3, -0.25) is 0 Å². The van der Waals surface area contributed by atoms with E-state index < -0.39 is 0 Å². The van der Waals surface area contributed by atoms with Crippen LogP contribution in [0.15, 0.2) is 0 Å². The van der Waals surface area contributed by atoms with Crippen molar-refractivity contribution < 1.29 is 0 Å². The lowest BCUT2D eigenvalue weighted by Crippen LogP contribution is -2.53. The highest BCUT2D eigenvalue weighted by Crippen LogP contribution is 2.68. The Balaban J connectivity index is 0.000000691. The third kappa shape index (κ3) is 5.13. The molecule has 30 heavy (non-hydrogen) atoms. The van der Waals surface area contributed by atoms with Crippen LogP contribution < -0.4 is 0 Å². The first-order valence-electron chi connectivity index (χ1n) is 13.8. The van der Waals surface area contributed by atoms with Gasteiger partial charge in [-0.25, -0.2) is 0 Å². The quantitative estimate of drug-likeness (QED) is 0.401. The lowest BCUT2D eigenvalue weighted by atomic mass is 9.44. The molecule has 4 saturated carbocycles. The first kappa shape index (κ1) is 27.6. The fourth-order valence-electron chi connectivity index (χ4n) is 8.51. The highest BCUT2D eigenvalue weighted by molar-refractivity contribution is 5.08. The minimum Gasteiger partial charge on any atom is -0.124 e. The minimum atomic E-state index is 0.707. The zero-order valence-corrected chi connectivity index (χ0v) is 22.1. The highest BCUT2D eigenvalue weighted by atomic mass is 14.6. The Bertz CT molecular complexity index is 490. The average molecular weight is 417 g/mol. The van der Waals surface area contributed by atoms with Gasteiger partial charge in [-0.2, -0.15) is 0 Å². The number of rotatable bonds is 3. The third-order valence-electron chi connectivity index (χ3n) is 10.0. The van der Waals surface area contributed by atoms with Gasteiger partial charge in [-0.15, -0.1) is 12.8 Å². The Labute approximate surface area is 191 Å². The van der Waals surface area contributed by atoms with Gasteiger partial charge >= 0.3 is 0 Å². The van der Waals surface area contributed by atoms with Crippen molar-refractivity contribution in [3.05, 3.63) is 0 Å². The molecule has 4 aliphatic carbocycles. The molecule has 0 aromatic heterocycles. The Hall–Kier alpha value is -0.440. The molecule has 8 unspecified atom stereocenters. The van der Waals surface area contributed by atoms with Crippen molar-refractivity contribution in [2.75, 3.05) is 0 Å². The molecule has 0 aromatic rings. The molecule has 4 aliphatic rings. The van der Waals surface area contributed by atoms with Crippen LogP contribution >= 0.6 is 0 Å². The molecular formula is C30H56. The summed E-state index contributed by atoms with van der Waals surface area (Å²) < 4.78 is 0. The van der Waals surface area contributed by atoms with Gasteiger partial charge in [-0.05, 0) is 104 Å². The van der Waals surface area contributed by atoms with Gasteiger partial charge in [0, 0.05) is 0 Å². The van der Waals surface area contributed by atoms with E-state index in [1.54, 1.807) is 51.4 Å². The fourth-order valence-corrected chi connectivity index (χ4v) is 8.51. The van der Waals surface area contributed by atoms with Gasteiger partial charge in [0.2, 0.25) is 0 Å². The largest absolute Gasteiger partial charge is 0.124 e. The van der Waals surface area contributed by atoms with Crippen molar-refractivity contribution in [2.45, 2.75) is 132 Å². The highest BCUT2D eigenvalue weighted by Gasteiger charge is 2.59. The predicted molar refractivity (Wildman–Crippen MR) is 136 cm³/mol. The maximum atomic E-state index is 4.00. The normalized spacial score (nSPS) is 43.7. The molecule has 4 fully saturated rings. The SMILES string of the molecule is C#C.CC.CC.CCCCC1CCC2C3CCC4CC(C)CCC4(C)C3CCC12C. The van der Waals surface area contributed by atoms with Crippen LogP contribution in [-0.2, 0) is 0 Å². The molecule has 0 bridgehead atoms. The average Bonchev–Trinajstić information content (AvgIpc) is 3.13. The van der Waals surface area contributed by atoms with Crippen molar-refractivity contribution in [1.82, 2.24) is 0 Å². The van der Waals surface area contributed by atoms with Crippen LogP contribution in [0.5, 0.6) is 0 Å². The summed E-state index contributed by atoms with van der Waals surface area (Å²) in [4.78, 5) is 0. The van der Waals surface area contributed by atoms with Crippen molar-refractivity contribution in [3.8, 4) is 12.8 Å². The van der Waals surface area contributed by atoms with E-state index in [0.717, 1.165) is 35.5 Å². The van der Waals surface area contributed by atoms with Crippen molar-refractivity contribution in [3.63, 3.8) is 0 Å².